The number of hydrogen-bond acceptors (Lipinski definition) is 2. The van der Waals surface area contributed by atoms with Gasteiger partial charge < -0.3 is 0 Å². The molecule has 2 aliphatic rings. The van der Waals surface area contributed by atoms with E-state index in [1.54, 1.807) is 0 Å². The first-order chi connectivity index (χ1) is 11.9. The van der Waals surface area contributed by atoms with Gasteiger partial charge in [-0.05, 0) is 45.6 Å². The first kappa shape index (κ1) is 20.1. The molecule has 0 atom stereocenters. The second-order valence-electron chi connectivity index (χ2n) is 7.20. The Kier molecular flexibility index (Phi) is 7.61. The lowest BCUT2D eigenvalue weighted by Gasteiger charge is -2.19. The lowest BCUT2D eigenvalue weighted by molar-refractivity contribution is 0.913. The third-order valence-electron chi connectivity index (χ3n) is 3.79. The van der Waals surface area contributed by atoms with Crippen molar-refractivity contribution < 1.29 is 0 Å². The maximum absolute atomic E-state index is 3.43. The zero-order chi connectivity index (χ0) is 18.2. The normalized spacial score (nSPS) is 16.8. The second-order valence-corrected chi connectivity index (χ2v) is 10.6. The molecule has 0 aliphatic heterocycles. The number of allylic oxidation sites excluding steroid dienone is 8. The molecule has 0 radical (unpaired) electrons. The fourth-order valence-corrected chi connectivity index (χ4v) is 4.40. The van der Waals surface area contributed by atoms with Crippen molar-refractivity contribution >= 4 is 23.5 Å². The number of thioether (sulfide) groups is 2. The third-order valence-corrected chi connectivity index (χ3v) is 6.42. The van der Waals surface area contributed by atoms with Crippen molar-refractivity contribution in [1.82, 2.24) is 0 Å². The second kappa shape index (κ2) is 9.47. The van der Waals surface area contributed by atoms with E-state index in [0.717, 1.165) is 11.5 Å². The number of rotatable bonds is 6. The van der Waals surface area contributed by atoms with Crippen molar-refractivity contribution in [2.24, 2.45) is 11.8 Å². The highest BCUT2D eigenvalue weighted by atomic mass is 32.2. The van der Waals surface area contributed by atoms with Crippen molar-refractivity contribution in [3.63, 3.8) is 0 Å². The van der Waals surface area contributed by atoms with Crippen LogP contribution in [0.25, 0.3) is 0 Å². The molecule has 0 nitrogen and oxygen atoms in total. The van der Waals surface area contributed by atoms with Crippen molar-refractivity contribution in [3.8, 4) is 23.7 Å². The van der Waals surface area contributed by atoms with Gasteiger partial charge in [0.15, 0.2) is 0 Å². The van der Waals surface area contributed by atoms with Gasteiger partial charge in [-0.3, -0.25) is 0 Å². The Bertz CT molecular complexity index is 597. The van der Waals surface area contributed by atoms with Gasteiger partial charge in [-0.15, -0.1) is 23.5 Å². The van der Waals surface area contributed by atoms with Gasteiger partial charge in [0.05, 0.1) is 21.3 Å². The maximum atomic E-state index is 3.43. The van der Waals surface area contributed by atoms with E-state index in [2.05, 4.69) is 100.0 Å². The lowest BCUT2D eigenvalue weighted by atomic mass is 10.1. The molecule has 2 rings (SSSR count). The van der Waals surface area contributed by atoms with Crippen LogP contribution in [0, 0.1) is 35.5 Å². The van der Waals surface area contributed by atoms with E-state index in [9.17, 15) is 0 Å². The molecule has 0 fully saturated rings. The van der Waals surface area contributed by atoms with Gasteiger partial charge in [-0.1, -0.05) is 72.3 Å². The zero-order valence-corrected chi connectivity index (χ0v) is 17.3. The highest BCUT2D eigenvalue weighted by molar-refractivity contribution is 8.01. The summed E-state index contributed by atoms with van der Waals surface area (Å²) in [6, 6.07) is 0. The Morgan fingerprint density at radius 2 is 1.04 bits per heavy atom. The van der Waals surface area contributed by atoms with Gasteiger partial charge in [0.25, 0.3) is 0 Å². The first-order valence-electron chi connectivity index (χ1n) is 8.90. The molecule has 0 aromatic rings. The van der Waals surface area contributed by atoms with Crippen LogP contribution in [0.3, 0.4) is 0 Å². The molecule has 0 saturated carbocycles. The molecule has 0 amide bonds. The van der Waals surface area contributed by atoms with Crippen LogP contribution in [0.2, 0.25) is 0 Å². The fraction of sp³-hybridized carbons (Fsp3) is 0.478. The van der Waals surface area contributed by atoms with Crippen LogP contribution in [0.15, 0.2) is 48.6 Å². The first-order valence-corrected chi connectivity index (χ1v) is 10.9. The summed E-state index contributed by atoms with van der Waals surface area (Å²) in [7, 11) is 0. The predicted octanol–water partition coefficient (Wildman–Crippen LogP) is 5.89. The predicted molar refractivity (Wildman–Crippen MR) is 117 cm³/mol. The minimum absolute atomic E-state index is 0.0192. The highest BCUT2D eigenvalue weighted by Crippen LogP contribution is 2.28. The van der Waals surface area contributed by atoms with Gasteiger partial charge in [-0.25, -0.2) is 0 Å². The minimum Gasteiger partial charge on any atom is -0.143 e. The molecule has 2 heteroatoms. The molecule has 0 heterocycles. The van der Waals surface area contributed by atoms with Crippen molar-refractivity contribution in [3.05, 3.63) is 48.6 Å². The quantitative estimate of drug-likeness (QED) is 0.423. The van der Waals surface area contributed by atoms with Gasteiger partial charge in [0.1, 0.15) is 0 Å². The smallest absolute Gasteiger partial charge is 0.0709 e. The topological polar surface area (TPSA) is 0 Å². The average Bonchev–Trinajstić information content (AvgIpc) is 3.24. The molecule has 25 heavy (non-hydrogen) atoms. The Balaban J connectivity index is 1.66. The van der Waals surface area contributed by atoms with E-state index in [1.165, 1.54) is 6.42 Å². The van der Waals surface area contributed by atoms with Gasteiger partial charge in [0, 0.05) is 0 Å². The van der Waals surface area contributed by atoms with Crippen molar-refractivity contribution in [2.75, 3.05) is 11.5 Å². The summed E-state index contributed by atoms with van der Waals surface area (Å²) in [5.41, 5.74) is 0. The van der Waals surface area contributed by atoms with Crippen LogP contribution in [0.5, 0.6) is 0 Å². The van der Waals surface area contributed by atoms with E-state index in [-0.39, 0.29) is 9.49 Å². The highest BCUT2D eigenvalue weighted by Gasteiger charge is 2.17. The fourth-order valence-electron chi connectivity index (χ4n) is 2.36. The molecule has 132 valence electrons. The van der Waals surface area contributed by atoms with E-state index in [0.29, 0.717) is 11.8 Å². The SMILES string of the molecule is CC(C)(C#CC1C=CC=C1)SCCCSC(C)(C)C#CC1C=CC=C1. The lowest BCUT2D eigenvalue weighted by Crippen LogP contribution is -2.14. The standard InChI is InChI=1S/C23H28S2/c1-22(2,16-14-20-10-5-6-11-20)24-18-9-19-25-23(3,4)17-15-21-12-7-8-13-21/h5-8,10-13,20-21H,9,18-19H2,1-4H3. The summed E-state index contributed by atoms with van der Waals surface area (Å²) >= 11 is 3.91. The van der Waals surface area contributed by atoms with Crippen LogP contribution in [0.1, 0.15) is 34.1 Å². The van der Waals surface area contributed by atoms with Crippen LogP contribution in [0.4, 0.5) is 0 Å². The van der Waals surface area contributed by atoms with Crippen LogP contribution in [-0.2, 0) is 0 Å². The molecular weight excluding hydrogens is 340 g/mol. The van der Waals surface area contributed by atoms with E-state index < -0.39 is 0 Å². The summed E-state index contributed by atoms with van der Waals surface area (Å²) in [5, 5.41) is 0. The molecule has 0 spiro atoms. The minimum atomic E-state index is 0.0192. The Morgan fingerprint density at radius 1 is 0.680 bits per heavy atom. The zero-order valence-electron chi connectivity index (χ0n) is 15.7. The molecule has 0 unspecified atom stereocenters. The Labute approximate surface area is 162 Å². The van der Waals surface area contributed by atoms with Crippen LogP contribution < -0.4 is 0 Å². The Morgan fingerprint density at radius 3 is 1.40 bits per heavy atom. The summed E-state index contributed by atoms with van der Waals surface area (Å²) in [6.45, 7) is 8.88. The monoisotopic (exact) mass is 368 g/mol. The molecule has 0 aromatic heterocycles. The summed E-state index contributed by atoms with van der Waals surface area (Å²) < 4.78 is 0.0385. The summed E-state index contributed by atoms with van der Waals surface area (Å²) in [4.78, 5) is 0. The van der Waals surface area contributed by atoms with Crippen molar-refractivity contribution in [1.29, 1.82) is 0 Å². The molecule has 2 aliphatic carbocycles. The molecule has 0 saturated heterocycles. The number of hydrogen-bond donors (Lipinski definition) is 0. The van der Waals surface area contributed by atoms with E-state index in [4.69, 9.17) is 0 Å². The van der Waals surface area contributed by atoms with Gasteiger partial charge in [0.2, 0.25) is 0 Å². The third kappa shape index (κ3) is 8.13. The van der Waals surface area contributed by atoms with Gasteiger partial charge in [-0.2, -0.15) is 0 Å². The molecule has 0 bridgehead atoms. The van der Waals surface area contributed by atoms with E-state index in [1.807, 2.05) is 23.5 Å². The summed E-state index contributed by atoms with van der Waals surface area (Å²) in [6.07, 6.45) is 18.0. The van der Waals surface area contributed by atoms with E-state index >= 15 is 0 Å². The van der Waals surface area contributed by atoms with Crippen molar-refractivity contribution in [2.45, 2.75) is 43.6 Å². The largest absolute Gasteiger partial charge is 0.143 e. The molecule has 0 N–H and O–H groups in total. The Hall–Kier alpha value is -1.22. The average molecular weight is 369 g/mol. The molecule has 0 aromatic carbocycles. The summed E-state index contributed by atoms with van der Waals surface area (Å²) in [5.74, 6) is 16.5. The maximum Gasteiger partial charge on any atom is 0.0709 e. The molecular formula is C23H28S2. The van der Waals surface area contributed by atoms with Crippen LogP contribution >= 0.6 is 23.5 Å². The van der Waals surface area contributed by atoms with Crippen LogP contribution in [-0.4, -0.2) is 21.0 Å². The van der Waals surface area contributed by atoms with Gasteiger partial charge >= 0.3 is 0 Å².